The maximum Gasteiger partial charge on any atom is 0.426 e. The summed E-state index contributed by atoms with van der Waals surface area (Å²) in [6.07, 6.45) is 5.43. The molecule has 0 saturated heterocycles. The molecule has 0 aliphatic heterocycles. The SMILES string of the molecule is N#[N+]c1ccccc1OC/C=C/CCCO. The number of aliphatic hydroxyl groups is 1. The summed E-state index contributed by atoms with van der Waals surface area (Å²) in [5.74, 6) is 0.553. The standard InChI is InChI=1S/C12H15N2O2/c13-14-11-7-3-4-8-12(11)16-10-6-2-1-5-9-15/h2-4,6-8,15H,1,5,9-10H2/q+1/b6-2+. The Hall–Kier alpha value is -1.86. The lowest BCUT2D eigenvalue weighted by atomic mass is 10.3. The normalized spacial score (nSPS) is 10.2. The van der Waals surface area contributed by atoms with Gasteiger partial charge >= 0.3 is 5.69 Å². The van der Waals surface area contributed by atoms with Crippen LogP contribution in [0.1, 0.15) is 12.8 Å². The van der Waals surface area contributed by atoms with E-state index in [0.29, 0.717) is 18.0 Å². The average Bonchev–Trinajstić information content (AvgIpc) is 2.34. The van der Waals surface area contributed by atoms with Crippen LogP contribution in [0.3, 0.4) is 0 Å². The highest BCUT2D eigenvalue weighted by Gasteiger charge is 2.12. The minimum Gasteiger partial charge on any atom is -0.482 e. The average molecular weight is 219 g/mol. The summed E-state index contributed by atoms with van der Waals surface area (Å²) in [5.41, 5.74) is 0.422. The molecular formula is C12H15N2O2+. The van der Waals surface area contributed by atoms with E-state index in [2.05, 4.69) is 4.98 Å². The van der Waals surface area contributed by atoms with E-state index < -0.39 is 0 Å². The van der Waals surface area contributed by atoms with Crippen molar-refractivity contribution < 1.29 is 9.84 Å². The molecule has 0 unspecified atom stereocenters. The zero-order valence-corrected chi connectivity index (χ0v) is 9.04. The number of allylic oxidation sites excluding steroid dienone is 1. The molecule has 0 amide bonds. The van der Waals surface area contributed by atoms with E-state index in [0.717, 1.165) is 12.8 Å². The lowest BCUT2D eigenvalue weighted by Crippen LogP contribution is -1.93. The minimum absolute atomic E-state index is 0.206. The molecule has 0 fully saturated rings. The predicted octanol–water partition coefficient (Wildman–Crippen LogP) is 2.88. The van der Waals surface area contributed by atoms with Gasteiger partial charge in [0.2, 0.25) is 11.1 Å². The Morgan fingerprint density at radius 3 is 2.88 bits per heavy atom. The van der Waals surface area contributed by atoms with Gasteiger partial charge in [-0.2, -0.15) is 0 Å². The molecule has 0 spiro atoms. The first kappa shape index (κ1) is 12.2. The molecule has 0 saturated carbocycles. The first-order valence-corrected chi connectivity index (χ1v) is 5.21. The van der Waals surface area contributed by atoms with Crippen LogP contribution in [0, 0.1) is 5.39 Å². The largest absolute Gasteiger partial charge is 0.482 e. The first-order chi connectivity index (χ1) is 7.88. The summed E-state index contributed by atoms with van der Waals surface area (Å²) in [6.45, 7) is 0.634. The van der Waals surface area contributed by atoms with E-state index in [9.17, 15) is 0 Å². The van der Waals surface area contributed by atoms with Crippen molar-refractivity contribution in [3.05, 3.63) is 41.4 Å². The highest BCUT2D eigenvalue weighted by atomic mass is 16.5. The monoisotopic (exact) mass is 219 g/mol. The molecule has 4 heteroatoms. The Labute approximate surface area is 94.8 Å². The Balaban J connectivity index is 2.37. The van der Waals surface area contributed by atoms with Crippen molar-refractivity contribution in [2.75, 3.05) is 13.2 Å². The van der Waals surface area contributed by atoms with Crippen LogP contribution in [-0.4, -0.2) is 18.3 Å². The zero-order valence-electron chi connectivity index (χ0n) is 9.04. The van der Waals surface area contributed by atoms with Crippen LogP contribution in [-0.2, 0) is 0 Å². The lowest BCUT2D eigenvalue weighted by molar-refractivity contribution is 0.289. The van der Waals surface area contributed by atoms with E-state index in [1.54, 1.807) is 18.2 Å². The highest BCUT2D eigenvalue weighted by molar-refractivity contribution is 5.56. The fourth-order valence-corrected chi connectivity index (χ4v) is 1.19. The molecule has 4 nitrogen and oxygen atoms in total. The molecule has 1 rings (SSSR count). The van der Waals surface area contributed by atoms with E-state index >= 15 is 0 Å². The number of nitrogens with zero attached hydrogens (tertiary/aromatic N) is 2. The Morgan fingerprint density at radius 2 is 2.12 bits per heavy atom. The lowest BCUT2D eigenvalue weighted by Gasteiger charge is -1.98. The molecule has 0 heterocycles. The van der Waals surface area contributed by atoms with Crippen LogP contribution in [0.5, 0.6) is 5.75 Å². The van der Waals surface area contributed by atoms with E-state index in [1.165, 1.54) is 0 Å². The van der Waals surface area contributed by atoms with Gasteiger partial charge in [0.1, 0.15) is 6.61 Å². The smallest absolute Gasteiger partial charge is 0.426 e. The number of benzene rings is 1. The Kier molecular flexibility index (Phi) is 5.67. The second-order valence-electron chi connectivity index (χ2n) is 3.22. The zero-order chi connectivity index (χ0) is 11.6. The van der Waals surface area contributed by atoms with Crippen LogP contribution in [0.25, 0.3) is 4.98 Å². The van der Waals surface area contributed by atoms with Crippen LogP contribution >= 0.6 is 0 Å². The van der Waals surface area contributed by atoms with E-state index in [4.69, 9.17) is 15.2 Å². The van der Waals surface area contributed by atoms with Crippen molar-refractivity contribution in [3.63, 3.8) is 0 Å². The van der Waals surface area contributed by atoms with Crippen LogP contribution in [0.4, 0.5) is 5.69 Å². The molecule has 84 valence electrons. The van der Waals surface area contributed by atoms with Crippen LogP contribution in [0.15, 0.2) is 36.4 Å². The van der Waals surface area contributed by atoms with Crippen molar-refractivity contribution in [1.82, 2.24) is 0 Å². The second-order valence-corrected chi connectivity index (χ2v) is 3.22. The third-order valence-corrected chi connectivity index (χ3v) is 2.00. The number of hydrogen-bond acceptors (Lipinski definition) is 3. The van der Waals surface area contributed by atoms with Crippen LogP contribution < -0.4 is 4.74 Å². The number of para-hydroxylation sites is 1. The Bertz CT molecular complexity index is 383. The summed E-state index contributed by atoms with van der Waals surface area (Å²) in [6, 6.07) is 7.01. The fourth-order valence-electron chi connectivity index (χ4n) is 1.19. The third-order valence-electron chi connectivity index (χ3n) is 2.00. The summed E-state index contributed by atoms with van der Waals surface area (Å²) < 4.78 is 5.41. The van der Waals surface area contributed by atoms with Crippen molar-refractivity contribution in [1.29, 1.82) is 5.39 Å². The molecule has 0 atom stereocenters. The molecule has 0 aliphatic rings. The van der Waals surface area contributed by atoms with Gasteiger partial charge in [-0.25, -0.2) is 0 Å². The van der Waals surface area contributed by atoms with Crippen molar-refractivity contribution in [2.24, 2.45) is 0 Å². The van der Waals surface area contributed by atoms with Gasteiger partial charge in [-0.05, 0) is 18.9 Å². The Morgan fingerprint density at radius 1 is 1.31 bits per heavy atom. The van der Waals surface area contributed by atoms with Gasteiger partial charge < -0.3 is 9.84 Å². The highest BCUT2D eigenvalue weighted by Crippen LogP contribution is 2.26. The molecule has 0 bridgehead atoms. The van der Waals surface area contributed by atoms with Gasteiger partial charge in [0, 0.05) is 12.7 Å². The number of ether oxygens (including phenoxy) is 1. The summed E-state index contributed by atoms with van der Waals surface area (Å²) in [7, 11) is 0. The third kappa shape index (κ3) is 4.11. The molecule has 0 radical (unpaired) electrons. The van der Waals surface area contributed by atoms with E-state index in [-0.39, 0.29) is 6.61 Å². The molecule has 1 aromatic carbocycles. The quantitative estimate of drug-likeness (QED) is 0.454. The van der Waals surface area contributed by atoms with Gasteiger partial charge in [-0.15, -0.1) is 0 Å². The minimum atomic E-state index is 0.206. The molecule has 0 aliphatic carbocycles. The summed E-state index contributed by atoms with van der Waals surface area (Å²) >= 11 is 0. The summed E-state index contributed by atoms with van der Waals surface area (Å²) in [5, 5.41) is 17.3. The number of unbranched alkanes of at least 4 members (excludes halogenated alkanes) is 1. The maximum atomic E-state index is 8.69. The number of diazo groups is 1. The van der Waals surface area contributed by atoms with Gasteiger partial charge in [-0.3, -0.25) is 0 Å². The fraction of sp³-hybridized carbons (Fsp3) is 0.333. The number of rotatable bonds is 6. The molecule has 16 heavy (non-hydrogen) atoms. The van der Waals surface area contributed by atoms with E-state index in [1.807, 2.05) is 18.2 Å². The summed E-state index contributed by atoms with van der Waals surface area (Å²) in [4.78, 5) is 3.12. The van der Waals surface area contributed by atoms with Gasteiger partial charge in [0.15, 0.2) is 4.98 Å². The van der Waals surface area contributed by atoms with Gasteiger partial charge in [0.05, 0.1) is 0 Å². The van der Waals surface area contributed by atoms with Crippen LogP contribution in [0.2, 0.25) is 0 Å². The van der Waals surface area contributed by atoms with Gasteiger partial charge in [0.25, 0.3) is 0 Å². The van der Waals surface area contributed by atoms with Gasteiger partial charge in [-0.1, -0.05) is 24.3 Å². The topological polar surface area (TPSA) is 57.6 Å². The molecular weight excluding hydrogens is 204 g/mol. The first-order valence-electron chi connectivity index (χ1n) is 5.21. The van der Waals surface area contributed by atoms with Crippen molar-refractivity contribution in [3.8, 4) is 5.75 Å². The molecule has 1 aromatic rings. The number of aliphatic hydroxyl groups excluding tert-OH is 1. The van der Waals surface area contributed by atoms with Crippen molar-refractivity contribution >= 4 is 5.69 Å². The maximum absolute atomic E-state index is 8.69. The van der Waals surface area contributed by atoms with Crippen molar-refractivity contribution in [2.45, 2.75) is 12.8 Å². The second kappa shape index (κ2) is 7.43. The molecule has 0 aromatic heterocycles. The molecule has 1 N–H and O–H groups in total. The predicted molar refractivity (Wildman–Crippen MR) is 62.1 cm³/mol. The number of hydrogen-bond donors (Lipinski definition) is 1.